The second-order valence-corrected chi connectivity index (χ2v) is 5.41. The van der Waals surface area contributed by atoms with E-state index < -0.39 is 7.60 Å². The van der Waals surface area contributed by atoms with E-state index in [-0.39, 0.29) is 6.10 Å². The fourth-order valence-corrected chi connectivity index (χ4v) is 2.72. The molecule has 1 saturated heterocycles. The van der Waals surface area contributed by atoms with E-state index in [1.807, 2.05) is 30.3 Å². The van der Waals surface area contributed by atoms with Crippen molar-refractivity contribution in [1.29, 1.82) is 0 Å². The van der Waals surface area contributed by atoms with Crippen LogP contribution in [0.15, 0.2) is 30.3 Å². The first-order valence-electron chi connectivity index (χ1n) is 4.63. The van der Waals surface area contributed by atoms with Crippen molar-refractivity contribution in [3.8, 4) is 0 Å². The lowest BCUT2D eigenvalue weighted by Crippen LogP contribution is -2.13. The summed E-state index contributed by atoms with van der Waals surface area (Å²) < 4.78 is 22.0. The molecule has 0 saturated carbocycles. The molecule has 1 aromatic carbocycles. The predicted octanol–water partition coefficient (Wildman–Crippen LogP) is 2.99. The molecule has 0 aliphatic carbocycles. The molecule has 1 unspecified atom stereocenters. The largest absolute Gasteiger partial charge is 0.328 e. The quantitative estimate of drug-likeness (QED) is 0.671. The fourth-order valence-electron chi connectivity index (χ4n) is 1.54. The number of benzene rings is 1. The summed E-state index contributed by atoms with van der Waals surface area (Å²) in [5.41, 5.74) is 1.07. The normalized spacial score (nSPS) is 32.8. The third-order valence-electron chi connectivity index (χ3n) is 2.20. The number of rotatable bonds is 1. The van der Waals surface area contributed by atoms with Gasteiger partial charge in [0.2, 0.25) is 0 Å². The molecule has 1 aliphatic rings. The van der Waals surface area contributed by atoms with Crippen LogP contribution < -0.4 is 0 Å². The third-order valence-corrected chi connectivity index (χ3v) is 3.48. The van der Waals surface area contributed by atoms with E-state index in [0.29, 0.717) is 6.61 Å². The van der Waals surface area contributed by atoms with E-state index >= 15 is 0 Å². The molecular formula is C10H13O3P. The zero-order valence-corrected chi connectivity index (χ0v) is 8.94. The van der Waals surface area contributed by atoms with Gasteiger partial charge in [-0.15, -0.1) is 0 Å². The van der Waals surface area contributed by atoms with Crippen molar-refractivity contribution in [1.82, 2.24) is 0 Å². The predicted molar refractivity (Wildman–Crippen MR) is 54.4 cm³/mol. The van der Waals surface area contributed by atoms with Crippen LogP contribution in [-0.4, -0.2) is 13.3 Å². The van der Waals surface area contributed by atoms with E-state index in [9.17, 15) is 4.57 Å². The summed E-state index contributed by atoms with van der Waals surface area (Å²) in [6, 6.07) is 9.82. The van der Waals surface area contributed by atoms with Crippen molar-refractivity contribution in [2.75, 3.05) is 13.3 Å². The molecule has 0 N–H and O–H groups in total. The van der Waals surface area contributed by atoms with Gasteiger partial charge >= 0.3 is 7.60 Å². The summed E-state index contributed by atoms with van der Waals surface area (Å²) in [6.07, 6.45) is 0.683. The summed E-state index contributed by atoms with van der Waals surface area (Å²) >= 11 is 0. The van der Waals surface area contributed by atoms with Gasteiger partial charge in [0.25, 0.3) is 0 Å². The van der Waals surface area contributed by atoms with Crippen LogP contribution in [0.4, 0.5) is 0 Å². The van der Waals surface area contributed by atoms with Crippen molar-refractivity contribution in [3.63, 3.8) is 0 Å². The van der Waals surface area contributed by atoms with Gasteiger partial charge in [0.1, 0.15) is 0 Å². The molecule has 0 bridgehead atoms. The monoisotopic (exact) mass is 212 g/mol. The highest BCUT2D eigenvalue weighted by molar-refractivity contribution is 7.53. The van der Waals surface area contributed by atoms with Crippen molar-refractivity contribution < 1.29 is 13.6 Å². The Morgan fingerprint density at radius 1 is 1.36 bits per heavy atom. The molecular weight excluding hydrogens is 199 g/mol. The lowest BCUT2D eigenvalue weighted by molar-refractivity contribution is 0.0845. The molecule has 3 nitrogen and oxygen atoms in total. The van der Waals surface area contributed by atoms with Crippen LogP contribution in [0.2, 0.25) is 0 Å². The van der Waals surface area contributed by atoms with Crippen LogP contribution in [0.3, 0.4) is 0 Å². The SMILES string of the molecule is CP1(=O)OCC[C@@H](c2ccccc2)O1. The van der Waals surface area contributed by atoms with Crippen LogP contribution in [0.25, 0.3) is 0 Å². The molecule has 76 valence electrons. The summed E-state index contributed by atoms with van der Waals surface area (Å²) in [4.78, 5) is 0. The number of hydrogen-bond acceptors (Lipinski definition) is 3. The Labute approximate surface area is 83.6 Å². The Hall–Kier alpha value is -0.630. The van der Waals surface area contributed by atoms with Gasteiger partial charge in [-0.3, -0.25) is 4.57 Å². The van der Waals surface area contributed by atoms with Crippen LogP contribution in [-0.2, 0) is 13.6 Å². The molecule has 0 radical (unpaired) electrons. The van der Waals surface area contributed by atoms with Gasteiger partial charge < -0.3 is 9.05 Å². The molecule has 0 aromatic heterocycles. The molecule has 0 spiro atoms. The highest BCUT2D eigenvalue weighted by atomic mass is 31.2. The Balaban J connectivity index is 2.16. The summed E-state index contributed by atoms with van der Waals surface area (Å²) in [6.45, 7) is 2.02. The fraction of sp³-hybridized carbons (Fsp3) is 0.400. The van der Waals surface area contributed by atoms with Gasteiger partial charge in [-0.1, -0.05) is 30.3 Å². The van der Waals surface area contributed by atoms with E-state index in [1.165, 1.54) is 6.66 Å². The standard InChI is InChI=1S/C10H13O3P/c1-14(11)12-8-7-10(13-14)9-5-3-2-4-6-9/h2-6,10H,7-8H2,1H3/t10-,14?/m0/s1. The van der Waals surface area contributed by atoms with Crippen LogP contribution in [0, 0.1) is 0 Å². The van der Waals surface area contributed by atoms with Crippen molar-refractivity contribution in [2.24, 2.45) is 0 Å². The Morgan fingerprint density at radius 2 is 2.07 bits per heavy atom. The molecule has 14 heavy (non-hydrogen) atoms. The highest BCUT2D eigenvalue weighted by Gasteiger charge is 2.29. The maximum atomic E-state index is 11.6. The van der Waals surface area contributed by atoms with Gasteiger partial charge in [0.05, 0.1) is 12.7 Å². The molecule has 2 atom stereocenters. The first kappa shape index (κ1) is 9.91. The van der Waals surface area contributed by atoms with Gasteiger partial charge in [-0.25, -0.2) is 0 Å². The maximum Gasteiger partial charge on any atom is 0.328 e. The average Bonchev–Trinajstić information content (AvgIpc) is 2.18. The van der Waals surface area contributed by atoms with E-state index in [1.54, 1.807) is 0 Å². The Bertz CT molecular complexity index is 350. The van der Waals surface area contributed by atoms with Crippen LogP contribution in [0.1, 0.15) is 18.1 Å². The smallest absolute Gasteiger partial charge is 0.309 e. The lowest BCUT2D eigenvalue weighted by Gasteiger charge is -2.27. The second-order valence-electron chi connectivity index (χ2n) is 3.40. The van der Waals surface area contributed by atoms with E-state index in [0.717, 1.165) is 12.0 Å². The van der Waals surface area contributed by atoms with E-state index in [2.05, 4.69) is 0 Å². The first-order valence-corrected chi connectivity index (χ1v) is 6.62. The average molecular weight is 212 g/mol. The molecule has 4 heteroatoms. The minimum Gasteiger partial charge on any atom is -0.309 e. The van der Waals surface area contributed by atoms with E-state index in [4.69, 9.17) is 9.05 Å². The van der Waals surface area contributed by atoms with Gasteiger partial charge in [0, 0.05) is 13.1 Å². The lowest BCUT2D eigenvalue weighted by atomic mass is 10.1. The summed E-state index contributed by atoms with van der Waals surface area (Å²) in [7, 11) is -2.81. The zero-order chi connectivity index (χ0) is 10.0. The highest BCUT2D eigenvalue weighted by Crippen LogP contribution is 2.52. The van der Waals surface area contributed by atoms with Crippen LogP contribution >= 0.6 is 7.60 Å². The summed E-state index contributed by atoms with van der Waals surface area (Å²) in [5, 5.41) is 0. The molecule has 1 fully saturated rings. The van der Waals surface area contributed by atoms with Gasteiger partial charge in [0.15, 0.2) is 0 Å². The first-order chi connectivity index (χ1) is 6.67. The Kier molecular flexibility index (Phi) is 2.73. The van der Waals surface area contributed by atoms with Crippen molar-refractivity contribution in [3.05, 3.63) is 35.9 Å². The Morgan fingerprint density at radius 3 is 2.71 bits per heavy atom. The maximum absolute atomic E-state index is 11.6. The number of hydrogen-bond donors (Lipinski definition) is 0. The minimum atomic E-state index is -2.81. The minimum absolute atomic E-state index is 0.0826. The van der Waals surface area contributed by atoms with Crippen LogP contribution in [0.5, 0.6) is 0 Å². The summed E-state index contributed by atoms with van der Waals surface area (Å²) in [5.74, 6) is 0. The van der Waals surface area contributed by atoms with Crippen molar-refractivity contribution >= 4 is 7.60 Å². The van der Waals surface area contributed by atoms with Gasteiger partial charge in [-0.05, 0) is 5.56 Å². The molecule has 0 amide bonds. The molecule has 2 rings (SSSR count). The topological polar surface area (TPSA) is 35.5 Å². The molecule has 1 heterocycles. The second kappa shape index (κ2) is 3.85. The van der Waals surface area contributed by atoms with Crippen molar-refractivity contribution in [2.45, 2.75) is 12.5 Å². The third kappa shape index (κ3) is 2.24. The molecule has 1 aliphatic heterocycles. The van der Waals surface area contributed by atoms with Gasteiger partial charge in [-0.2, -0.15) is 0 Å². The zero-order valence-electron chi connectivity index (χ0n) is 8.05. The molecule has 1 aromatic rings.